The van der Waals surface area contributed by atoms with Crippen LogP contribution in [0.5, 0.6) is 0 Å². The third-order valence-corrected chi connectivity index (χ3v) is 0.533. The zero-order chi connectivity index (χ0) is 4.41. The summed E-state index contributed by atoms with van der Waals surface area (Å²) < 4.78 is 0.986. The van der Waals surface area contributed by atoms with Crippen LogP contribution in [0.4, 0.5) is 0 Å². The second-order valence-corrected chi connectivity index (χ2v) is 1.08. The molecule has 6 heavy (non-hydrogen) atoms. The number of nitrogens with zero attached hydrogens (tertiary/aromatic N) is 2. The summed E-state index contributed by atoms with van der Waals surface area (Å²) in [6, 6.07) is 0. The average molecular weight is 106 g/mol. The summed E-state index contributed by atoms with van der Waals surface area (Å²) in [5.41, 5.74) is 0. The lowest BCUT2D eigenvalue weighted by Crippen LogP contribution is -1.98. The molecule has 0 aromatic rings. The van der Waals surface area contributed by atoms with Crippen molar-refractivity contribution in [2.75, 3.05) is 0 Å². The second kappa shape index (κ2) is 1.45. The van der Waals surface area contributed by atoms with E-state index in [4.69, 9.17) is 11.8 Å². The van der Waals surface area contributed by atoms with Crippen molar-refractivity contribution in [1.82, 2.24) is 4.58 Å². The number of aliphatic imine (C=N–C) groups is 1. The Morgan fingerprint density at radius 2 is 2.67 bits per heavy atom. The average Bonchev–Trinajstić information content (AvgIpc) is 1.86. The van der Waals surface area contributed by atoms with Gasteiger partial charge in [0.2, 0.25) is 6.73 Å². The fourth-order valence-electron chi connectivity index (χ4n) is 0.179. The van der Waals surface area contributed by atoms with Crippen LogP contribution in [0.1, 0.15) is 0 Å². The maximum Gasteiger partial charge on any atom is 0.227 e. The molecule has 3 nitrogen and oxygen atoms in total. The first-order valence-corrected chi connectivity index (χ1v) is 1.70. The summed E-state index contributed by atoms with van der Waals surface area (Å²) in [6.45, 7) is 1.24. The summed E-state index contributed by atoms with van der Waals surface area (Å²) >= 11 is 5.14. The minimum atomic E-state index is 0.986. The molecule has 1 heterocycles. The summed E-state index contributed by atoms with van der Waals surface area (Å²) in [5, 5.41) is 0. The maximum atomic E-state index is 5.14. The largest absolute Gasteiger partial charge is 0.233 e. The van der Waals surface area contributed by atoms with E-state index in [0.717, 1.165) is 4.58 Å². The Bertz CT molecular complexity index is 73.9. The number of hydroxylamine groups is 1. The molecule has 0 atom stereocenters. The lowest BCUT2D eigenvalue weighted by molar-refractivity contribution is 0.0457. The van der Waals surface area contributed by atoms with Gasteiger partial charge in [0.1, 0.15) is 6.34 Å². The lowest BCUT2D eigenvalue weighted by Gasteiger charge is -1.94. The number of halogens is 1. The quantitative estimate of drug-likeness (QED) is 0.420. The predicted octanol–water partition coefficient (Wildman–Crippen LogP) is 0.535. The van der Waals surface area contributed by atoms with E-state index >= 15 is 0 Å². The smallest absolute Gasteiger partial charge is 0.227 e. The van der Waals surface area contributed by atoms with Gasteiger partial charge in [0.25, 0.3) is 0 Å². The highest BCUT2D eigenvalue weighted by Crippen LogP contribution is 2.00. The molecule has 1 rings (SSSR count). The van der Waals surface area contributed by atoms with Crippen LogP contribution >= 0.6 is 11.8 Å². The van der Waals surface area contributed by atoms with Gasteiger partial charge in [-0.15, -0.1) is 4.58 Å². The third kappa shape index (κ3) is 0.609. The Morgan fingerprint density at radius 3 is 2.83 bits per heavy atom. The predicted molar refractivity (Wildman–Crippen MR) is 21.6 cm³/mol. The van der Waals surface area contributed by atoms with Gasteiger partial charge < -0.3 is 0 Å². The lowest BCUT2D eigenvalue weighted by atomic mass is 11.3. The molecule has 0 aliphatic carbocycles. The van der Waals surface area contributed by atoms with Crippen molar-refractivity contribution in [2.24, 2.45) is 4.99 Å². The van der Waals surface area contributed by atoms with Gasteiger partial charge in [0.05, 0.1) is 0 Å². The van der Waals surface area contributed by atoms with Crippen LogP contribution in [0.15, 0.2) is 4.99 Å². The second-order valence-electron chi connectivity index (χ2n) is 0.747. The van der Waals surface area contributed by atoms with E-state index in [1.807, 2.05) is 0 Å². The van der Waals surface area contributed by atoms with E-state index in [9.17, 15) is 0 Å². The van der Waals surface area contributed by atoms with Gasteiger partial charge in [-0.2, -0.15) is 0 Å². The van der Waals surface area contributed by atoms with Crippen LogP contribution in [0.2, 0.25) is 0 Å². The maximum absolute atomic E-state index is 5.14. The Morgan fingerprint density at radius 1 is 1.83 bits per heavy atom. The Kier molecular flexibility index (Phi) is 0.939. The normalized spacial score (nSPS) is 19.8. The zero-order valence-electron chi connectivity index (χ0n) is 2.84. The van der Waals surface area contributed by atoms with E-state index in [-0.39, 0.29) is 0 Å². The van der Waals surface area contributed by atoms with Gasteiger partial charge in [0, 0.05) is 11.8 Å². The fraction of sp³-hybridized carbons (Fsp3) is 0. The van der Waals surface area contributed by atoms with Crippen molar-refractivity contribution in [1.29, 1.82) is 0 Å². The van der Waals surface area contributed by atoms with E-state index in [0.29, 0.717) is 0 Å². The van der Waals surface area contributed by atoms with Crippen molar-refractivity contribution >= 4 is 18.1 Å². The van der Waals surface area contributed by atoms with Gasteiger partial charge in [-0.05, 0) is 0 Å². The highest BCUT2D eigenvalue weighted by molar-refractivity contribution is 6.18. The van der Waals surface area contributed by atoms with Crippen LogP contribution in [-0.2, 0) is 4.84 Å². The number of rotatable bonds is 0. The molecule has 1 aliphatic rings. The minimum Gasteiger partial charge on any atom is -0.233 e. The standard InChI is InChI=1S/C2H2ClN2O/c3-5-1-4-2-6-5/h1-2H. The Labute approximate surface area is 40.2 Å². The van der Waals surface area contributed by atoms with Crippen LogP contribution in [0.3, 0.4) is 0 Å². The van der Waals surface area contributed by atoms with Gasteiger partial charge in [-0.1, -0.05) is 0 Å². The molecular weight excluding hydrogens is 103 g/mol. The summed E-state index contributed by atoms with van der Waals surface area (Å²) in [4.78, 5) is 7.89. The van der Waals surface area contributed by atoms with Gasteiger partial charge in [-0.25, -0.2) is 9.83 Å². The van der Waals surface area contributed by atoms with Crippen LogP contribution < -0.4 is 0 Å². The molecule has 0 bridgehead atoms. The fourth-order valence-corrected chi connectivity index (χ4v) is 0.265. The molecule has 0 amide bonds. The van der Waals surface area contributed by atoms with E-state index in [1.165, 1.54) is 13.1 Å². The van der Waals surface area contributed by atoms with Crippen LogP contribution in [0.25, 0.3) is 0 Å². The highest BCUT2D eigenvalue weighted by atomic mass is 35.5. The van der Waals surface area contributed by atoms with Crippen molar-refractivity contribution in [3.05, 3.63) is 6.73 Å². The third-order valence-electron chi connectivity index (χ3n) is 0.366. The van der Waals surface area contributed by atoms with Crippen molar-refractivity contribution in [3.63, 3.8) is 0 Å². The Balaban J connectivity index is 2.38. The minimum absolute atomic E-state index is 0.986. The van der Waals surface area contributed by atoms with Crippen LogP contribution in [-0.4, -0.2) is 10.9 Å². The molecule has 0 saturated heterocycles. The molecule has 0 spiro atoms. The van der Waals surface area contributed by atoms with Crippen molar-refractivity contribution in [3.8, 4) is 0 Å². The van der Waals surface area contributed by atoms with E-state index < -0.39 is 0 Å². The van der Waals surface area contributed by atoms with Crippen LogP contribution in [0, 0.1) is 6.73 Å². The number of hydrogen-bond donors (Lipinski definition) is 0. The van der Waals surface area contributed by atoms with E-state index in [1.54, 1.807) is 0 Å². The first-order chi connectivity index (χ1) is 2.89. The molecule has 33 valence electrons. The first-order valence-electron chi connectivity index (χ1n) is 1.36. The van der Waals surface area contributed by atoms with Gasteiger partial charge in [0.15, 0.2) is 0 Å². The molecular formula is C2H2ClN2O. The zero-order valence-corrected chi connectivity index (χ0v) is 3.59. The molecule has 1 aliphatic heterocycles. The summed E-state index contributed by atoms with van der Waals surface area (Å²) in [7, 11) is 0. The highest BCUT2D eigenvalue weighted by Gasteiger charge is 1.98. The molecule has 0 N–H and O–H groups in total. The monoisotopic (exact) mass is 105 g/mol. The SMILES string of the molecule is ClN1C=N[CH]O1. The van der Waals surface area contributed by atoms with Crippen molar-refractivity contribution < 1.29 is 4.84 Å². The summed E-state index contributed by atoms with van der Waals surface area (Å²) in [6.07, 6.45) is 1.35. The van der Waals surface area contributed by atoms with Gasteiger partial charge in [-0.3, -0.25) is 0 Å². The van der Waals surface area contributed by atoms with Gasteiger partial charge >= 0.3 is 0 Å². The molecule has 0 fully saturated rings. The molecule has 0 aromatic carbocycles. The molecule has 4 heteroatoms. The van der Waals surface area contributed by atoms with E-state index in [2.05, 4.69) is 9.83 Å². The van der Waals surface area contributed by atoms with Crippen molar-refractivity contribution in [2.45, 2.75) is 0 Å². The molecule has 0 unspecified atom stereocenters. The topological polar surface area (TPSA) is 24.8 Å². The molecule has 0 saturated carbocycles. The molecule has 1 radical (unpaired) electrons. The molecule has 0 aromatic heterocycles. The first kappa shape index (κ1) is 3.89. The summed E-state index contributed by atoms with van der Waals surface area (Å²) in [5.74, 6) is 0. The Hall–Kier alpha value is -0.280. The number of hydrogen-bond acceptors (Lipinski definition) is 3.